The normalized spacial score (nSPS) is 14.6. The van der Waals surface area contributed by atoms with E-state index in [1.165, 1.54) is 12.2 Å². The molecule has 0 atom stereocenters. The van der Waals surface area contributed by atoms with Gasteiger partial charge >= 0.3 is 0 Å². The largest absolute Gasteiger partial charge is 0.290 e. The van der Waals surface area contributed by atoms with Gasteiger partial charge in [0.2, 0.25) is 0 Å². The summed E-state index contributed by atoms with van der Waals surface area (Å²) in [5.41, 5.74) is 0. The van der Waals surface area contributed by atoms with Crippen LogP contribution >= 0.6 is 0 Å². The lowest BCUT2D eigenvalue weighted by Crippen LogP contribution is -1.75. The average molecular weight is 110 g/mol. The lowest BCUT2D eigenvalue weighted by Gasteiger charge is -1.62. The maximum Gasteiger partial charge on any atom is 0.187 e. The molecule has 0 saturated carbocycles. The first kappa shape index (κ1) is 6.68. The Labute approximate surface area is 52.8 Å². The van der Waals surface area contributed by atoms with Crippen molar-refractivity contribution in [3.8, 4) is 0 Å². The summed E-state index contributed by atoms with van der Waals surface area (Å²) in [4.78, 5) is 10.1. The van der Waals surface area contributed by atoms with Gasteiger partial charge < -0.3 is 0 Å². The van der Waals surface area contributed by atoms with Crippen molar-refractivity contribution >= 4 is 23.1 Å². The lowest BCUT2D eigenvalue weighted by atomic mass is 10.5. The smallest absolute Gasteiger partial charge is 0.187 e. The van der Waals surface area contributed by atoms with Crippen LogP contribution in [0, 0.1) is 0 Å². The van der Waals surface area contributed by atoms with Crippen LogP contribution in [0.5, 0.6) is 0 Å². The molecule has 0 aromatic rings. The number of ketones is 1. The van der Waals surface area contributed by atoms with Crippen molar-refractivity contribution in [3.05, 3.63) is 24.3 Å². The van der Waals surface area contributed by atoms with Crippen LogP contribution < -0.4 is 0 Å². The topological polar surface area (TPSA) is 17.1 Å². The van der Waals surface area contributed by atoms with Crippen LogP contribution in [0.4, 0.5) is 0 Å². The van der Waals surface area contributed by atoms with E-state index in [0.29, 0.717) is 0 Å². The van der Waals surface area contributed by atoms with Crippen molar-refractivity contribution in [2.75, 3.05) is 0 Å². The summed E-state index contributed by atoms with van der Waals surface area (Å²) in [6, 6.07) is 0. The van der Waals surface area contributed by atoms with E-state index < -0.39 is 0 Å². The van der Waals surface area contributed by atoms with Crippen molar-refractivity contribution in [2.24, 2.45) is 0 Å². The summed E-state index contributed by atoms with van der Waals surface area (Å²) in [6.45, 7) is 0. The molecule has 0 radical (unpaired) electrons. The maximum atomic E-state index is 10.1. The highest BCUT2D eigenvalue weighted by Crippen LogP contribution is 1.89. The van der Waals surface area contributed by atoms with Crippen molar-refractivity contribution in [3.63, 3.8) is 0 Å². The molecule has 0 unspecified atom stereocenters. The van der Waals surface area contributed by atoms with Crippen LogP contribution in [0.3, 0.4) is 0 Å². The van der Waals surface area contributed by atoms with Gasteiger partial charge in [0, 0.05) is 0 Å². The molecule has 7 heavy (non-hydrogen) atoms. The van der Waals surface area contributed by atoms with Crippen molar-refractivity contribution in [1.29, 1.82) is 0 Å². The number of rotatable bonds is 0. The highest BCUT2D eigenvalue weighted by molar-refractivity contribution is 6.01. The first-order valence-electron chi connectivity index (χ1n) is 1.78. The number of allylic oxidation sites excluding steroid dienone is 4. The summed E-state index contributed by atoms with van der Waals surface area (Å²) < 4.78 is 0. The Morgan fingerprint density at radius 3 is 1.71 bits per heavy atom. The van der Waals surface area contributed by atoms with E-state index in [1.54, 1.807) is 12.2 Å². The summed E-state index contributed by atoms with van der Waals surface area (Å²) >= 11 is 0. The standard InChI is InChI=1S/C5H4O.Al.3H/c6-5-3-1-2-4-5;;;;/h1-4H;;;;. The molecular weight excluding hydrogens is 103 g/mol. The molecule has 0 N–H and O–H groups in total. The zero-order valence-electron chi connectivity index (χ0n) is 3.22. The molecule has 1 aliphatic rings. The molecule has 0 aromatic heterocycles. The predicted molar refractivity (Wildman–Crippen MR) is 33.2 cm³/mol. The third-order valence-electron chi connectivity index (χ3n) is 0.632. The maximum absolute atomic E-state index is 10.1. The van der Waals surface area contributed by atoms with E-state index in [-0.39, 0.29) is 23.1 Å². The molecule has 36 valence electrons. The van der Waals surface area contributed by atoms with Gasteiger partial charge in [0.1, 0.15) is 0 Å². The Bertz CT molecular complexity index is 110. The molecule has 0 aliphatic heterocycles. The summed E-state index contributed by atoms with van der Waals surface area (Å²) in [7, 11) is 0. The first-order valence-corrected chi connectivity index (χ1v) is 1.78. The van der Waals surface area contributed by atoms with Crippen LogP contribution in [0.15, 0.2) is 24.3 Å². The van der Waals surface area contributed by atoms with Gasteiger partial charge in [-0.2, -0.15) is 0 Å². The summed E-state index contributed by atoms with van der Waals surface area (Å²) in [5, 5.41) is 0. The van der Waals surface area contributed by atoms with Gasteiger partial charge in [-0.1, -0.05) is 12.2 Å². The average Bonchev–Trinajstić information content (AvgIpc) is 1.86. The van der Waals surface area contributed by atoms with Gasteiger partial charge in [0.05, 0.1) is 0 Å². The predicted octanol–water partition coefficient (Wildman–Crippen LogP) is -0.502. The number of hydrogen-bond donors (Lipinski definition) is 0. The van der Waals surface area contributed by atoms with E-state index in [4.69, 9.17) is 0 Å². The van der Waals surface area contributed by atoms with Gasteiger partial charge in [-0.3, -0.25) is 4.79 Å². The van der Waals surface area contributed by atoms with Crippen LogP contribution in [-0.4, -0.2) is 23.1 Å². The highest BCUT2D eigenvalue weighted by Gasteiger charge is 1.88. The van der Waals surface area contributed by atoms with E-state index >= 15 is 0 Å². The molecular formula is C5H7AlO. The molecule has 1 nitrogen and oxygen atoms in total. The van der Waals surface area contributed by atoms with Crippen LogP contribution in [0.25, 0.3) is 0 Å². The van der Waals surface area contributed by atoms with Crippen LogP contribution in [-0.2, 0) is 4.79 Å². The van der Waals surface area contributed by atoms with Gasteiger partial charge in [-0.15, -0.1) is 0 Å². The lowest BCUT2D eigenvalue weighted by molar-refractivity contribution is -0.110. The molecule has 0 bridgehead atoms. The third-order valence-corrected chi connectivity index (χ3v) is 0.632. The third kappa shape index (κ3) is 1.73. The molecule has 0 amide bonds. The second kappa shape index (κ2) is 2.79. The monoisotopic (exact) mass is 110 g/mol. The van der Waals surface area contributed by atoms with Gasteiger partial charge in [0.15, 0.2) is 23.1 Å². The zero-order valence-corrected chi connectivity index (χ0v) is 3.22. The summed E-state index contributed by atoms with van der Waals surface area (Å²) in [6.07, 6.45) is 6.50. The number of carbonyl (C=O) groups excluding carboxylic acids is 1. The van der Waals surface area contributed by atoms with Gasteiger partial charge in [-0.25, -0.2) is 0 Å². The molecule has 0 fully saturated rings. The zero-order chi connectivity index (χ0) is 4.41. The second-order valence-corrected chi connectivity index (χ2v) is 1.12. The quantitative estimate of drug-likeness (QED) is 0.384. The van der Waals surface area contributed by atoms with Crippen LogP contribution in [0.1, 0.15) is 0 Å². The number of hydrogen-bond acceptors (Lipinski definition) is 1. The molecule has 1 aliphatic carbocycles. The molecule has 0 heterocycles. The minimum atomic E-state index is 0. The van der Waals surface area contributed by atoms with Crippen molar-refractivity contribution < 1.29 is 4.79 Å². The molecule has 0 aromatic carbocycles. The molecule has 0 spiro atoms. The Balaban J connectivity index is 0.000000360. The fourth-order valence-corrected chi connectivity index (χ4v) is 0.356. The van der Waals surface area contributed by atoms with E-state index in [0.717, 1.165) is 0 Å². The minimum absolute atomic E-state index is 0. The van der Waals surface area contributed by atoms with Crippen molar-refractivity contribution in [2.45, 2.75) is 0 Å². The minimum Gasteiger partial charge on any atom is -0.290 e. The van der Waals surface area contributed by atoms with E-state index in [9.17, 15) is 4.79 Å². The Morgan fingerprint density at radius 1 is 1.14 bits per heavy atom. The Hall–Kier alpha value is -0.318. The fraction of sp³-hybridized carbons (Fsp3) is 0. The first-order chi connectivity index (χ1) is 2.89. The van der Waals surface area contributed by atoms with E-state index in [2.05, 4.69) is 0 Å². The fourth-order valence-electron chi connectivity index (χ4n) is 0.356. The SMILES string of the molecule is O=C1C=CC=C1.[AlH3]. The molecule has 2 heteroatoms. The number of carbonyl (C=O) groups is 1. The van der Waals surface area contributed by atoms with Crippen LogP contribution in [0.2, 0.25) is 0 Å². The van der Waals surface area contributed by atoms with Gasteiger partial charge in [-0.05, 0) is 12.2 Å². The van der Waals surface area contributed by atoms with E-state index in [1.807, 2.05) is 0 Å². The summed E-state index contributed by atoms with van der Waals surface area (Å²) in [5.74, 6) is 0.0926. The second-order valence-electron chi connectivity index (χ2n) is 1.12. The Kier molecular flexibility index (Phi) is 2.66. The highest BCUT2D eigenvalue weighted by atomic mass is 27.0. The molecule has 0 saturated heterocycles. The van der Waals surface area contributed by atoms with Crippen molar-refractivity contribution in [1.82, 2.24) is 0 Å². The molecule has 1 rings (SSSR count). The Morgan fingerprint density at radius 2 is 1.57 bits per heavy atom. The van der Waals surface area contributed by atoms with Gasteiger partial charge in [0.25, 0.3) is 0 Å².